The van der Waals surface area contributed by atoms with E-state index in [0.717, 1.165) is 11.1 Å². The van der Waals surface area contributed by atoms with E-state index >= 15 is 0 Å². The molecule has 280 valence electrons. The van der Waals surface area contributed by atoms with Gasteiger partial charge in [-0.15, -0.1) is 10.2 Å². The molecule has 1 aliphatic carbocycles. The van der Waals surface area contributed by atoms with Gasteiger partial charge in [0.05, 0.1) is 29.6 Å². The number of halogens is 6. The molecular formula is C34H37F6N7O5. The summed E-state index contributed by atoms with van der Waals surface area (Å²) in [5, 5.41) is 28.5. The quantitative estimate of drug-likeness (QED) is 0.152. The highest BCUT2D eigenvalue weighted by Crippen LogP contribution is 2.43. The van der Waals surface area contributed by atoms with Crippen LogP contribution in [0.2, 0.25) is 0 Å². The lowest BCUT2D eigenvalue weighted by molar-refractivity contribution is -0.142. The van der Waals surface area contributed by atoms with Crippen molar-refractivity contribution >= 4 is 23.6 Å². The molecule has 0 radical (unpaired) electrons. The minimum atomic E-state index is -5.21. The van der Waals surface area contributed by atoms with Crippen molar-refractivity contribution in [3.63, 3.8) is 0 Å². The molecule has 12 nitrogen and oxygen atoms in total. The fraction of sp³-hybridized carbons (Fsp3) is 0.441. The number of tetrazole rings is 1. The molecule has 3 atom stereocenters. The second-order valence-electron chi connectivity index (χ2n) is 12.7. The number of carboxylic acids is 1. The number of hydrogen-bond acceptors (Lipinski definition) is 8. The number of ketones is 1. The van der Waals surface area contributed by atoms with Crippen LogP contribution < -0.4 is 16.0 Å². The zero-order chi connectivity index (χ0) is 38.4. The number of carbonyl (C=O) groups is 4. The lowest BCUT2D eigenvalue weighted by Gasteiger charge is -2.27. The van der Waals surface area contributed by atoms with Gasteiger partial charge in [0, 0.05) is 17.7 Å². The SMILES string of the molecule is CC(C)[C@H](NC(=O)CCc1ccccc1)C(=O)N[C@@H](C)C(NC(CC(=O)O)C(=O)Cn1nnc(-c2c(C(F)(F)F)cccc2C(F)(F)F)n1)=C1CC1. The van der Waals surface area contributed by atoms with E-state index in [1.165, 1.54) is 0 Å². The van der Waals surface area contributed by atoms with Gasteiger partial charge >= 0.3 is 18.3 Å². The van der Waals surface area contributed by atoms with Crippen molar-refractivity contribution in [1.29, 1.82) is 0 Å². The van der Waals surface area contributed by atoms with E-state index in [1.54, 1.807) is 20.8 Å². The monoisotopic (exact) mass is 737 g/mol. The Morgan fingerprint density at radius 2 is 1.48 bits per heavy atom. The summed E-state index contributed by atoms with van der Waals surface area (Å²) >= 11 is 0. The van der Waals surface area contributed by atoms with E-state index in [2.05, 4.69) is 31.4 Å². The lowest BCUT2D eigenvalue weighted by atomic mass is 9.99. The average molecular weight is 738 g/mol. The number of carboxylic acid groups (broad SMARTS) is 1. The average Bonchev–Trinajstić information content (AvgIpc) is 3.80. The van der Waals surface area contributed by atoms with E-state index < -0.39 is 83.6 Å². The van der Waals surface area contributed by atoms with Gasteiger partial charge in [0.15, 0.2) is 5.78 Å². The van der Waals surface area contributed by atoms with Crippen molar-refractivity contribution in [2.75, 3.05) is 0 Å². The van der Waals surface area contributed by atoms with Gasteiger partial charge in [-0.2, -0.15) is 31.1 Å². The van der Waals surface area contributed by atoms with Crippen LogP contribution in [0.15, 0.2) is 59.8 Å². The molecule has 4 rings (SSSR count). The molecule has 4 N–H and O–H groups in total. The Balaban J connectivity index is 1.48. The summed E-state index contributed by atoms with van der Waals surface area (Å²) in [6.45, 7) is 4.24. The smallest absolute Gasteiger partial charge is 0.417 e. The summed E-state index contributed by atoms with van der Waals surface area (Å²) in [5.74, 6) is -4.49. The third-order valence-corrected chi connectivity index (χ3v) is 8.17. The van der Waals surface area contributed by atoms with Gasteiger partial charge in [0.25, 0.3) is 0 Å². The molecule has 1 saturated carbocycles. The number of hydrogen-bond donors (Lipinski definition) is 4. The molecule has 0 aliphatic heterocycles. The van der Waals surface area contributed by atoms with Crippen molar-refractivity contribution in [1.82, 2.24) is 36.2 Å². The number of aliphatic carboxylic acids is 1. The molecular weight excluding hydrogens is 700 g/mol. The number of amides is 2. The number of aryl methyl sites for hydroxylation is 1. The molecule has 1 unspecified atom stereocenters. The maximum absolute atomic E-state index is 13.7. The molecule has 1 aliphatic rings. The largest absolute Gasteiger partial charge is 0.481 e. The first-order valence-corrected chi connectivity index (χ1v) is 16.3. The van der Waals surface area contributed by atoms with Crippen LogP contribution >= 0.6 is 0 Å². The fourth-order valence-corrected chi connectivity index (χ4v) is 5.46. The minimum Gasteiger partial charge on any atom is -0.481 e. The number of nitrogens with one attached hydrogen (secondary N) is 3. The van der Waals surface area contributed by atoms with Crippen LogP contribution in [0.25, 0.3) is 11.4 Å². The molecule has 3 aromatic rings. The fourth-order valence-electron chi connectivity index (χ4n) is 5.46. The van der Waals surface area contributed by atoms with Gasteiger partial charge in [0.1, 0.15) is 12.6 Å². The Morgan fingerprint density at radius 3 is 2.02 bits per heavy atom. The molecule has 18 heteroatoms. The number of benzene rings is 2. The minimum absolute atomic E-state index is 0.145. The van der Waals surface area contributed by atoms with Gasteiger partial charge in [-0.3, -0.25) is 19.2 Å². The van der Waals surface area contributed by atoms with Crippen LogP contribution in [0.4, 0.5) is 26.3 Å². The molecule has 2 aromatic carbocycles. The highest BCUT2D eigenvalue weighted by molar-refractivity contribution is 5.89. The van der Waals surface area contributed by atoms with Crippen molar-refractivity contribution in [2.45, 2.75) is 89.9 Å². The van der Waals surface area contributed by atoms with Gasteiger partial charge in [-0.25, -0.2) is 0 Å². The summed E-state index contributed by atoms with van der Waals surface area (Å²) in [4.78, 5) is 51.7. The van der Waals surface area contributed by atoms with E-state index in [9.17, 15) is 50.6 Å². The second-order valence-corrected chi connectivity index (χ2v) is 12.7. The summed E-state index contributed by atoms with van der Waals surface area (Å²) in [5.41, 5.74) is -2.61. The summed E-state index contributed by atoms with van der Waals surface area (Å²) in [6, 6.07) is 7.61. The maximum atomic E-state index is 13.7. The van der Waals surface area contributed by atoms with Crippen LogP contribution in [-0.4, -0.2) is 67.0 Å². The van der Waals surface area contributed by atoms with E-state index in [4.69, 9.17) is 0 Å². The van der Waals surface area contributed by atoms with Crippen LogP contribution in [0.3, 0.4) is 0 Å². The zero-order valence-electron chi connectivity index (χ0n) is 28.3. The number of nitrogens with zero attached hydrogens (tertiary/aromatic N) is 4. The molecule has 1 fully saturated rings. The first-order valence-electron chi connectivity index (χ1n) is 16.3. The predicted molar refractivity (Wildman–Crippen MR) is 173 cm³/mol. The zero-order valence-corrected chi connectivity index (χ0v) is 28.3. The summed E-state index contributed by atoms with van der Waals surface area (Å²) in [7, 11) is 0. The number of Topliss-reactive ketones (excluding diaryl/α,β-unsaturated/α-hetero) is 1. The van der Waals surface area contributed by atoms with Gasteiger partial charge in [-0.05, 0) is 60.6 Å². The third kappa shape index (κ3) is 10.6. The van der Waals surface area contributed by atoms with Crippen molar-refractivity contribution in [3.05, 3.63) is 76.5 Å². The van der Waals surface area contributed by atoms with Gasteiger partial charge in [0.2, 0.25) is 17.6 Å². The highest BCUT2D eigenvalue weighted by atomic mass is 19.4. The molecule has 52 heavy (non-hydrogen) atoms. The Hall–Kier alpha value is -5.29. The number of alkyl halides is 6. The molecule has 1 aromatic heterocycles. The van der Waals surface area contributed by atoms with Gasteiger partial charge < -0.3 is 21.1 Å². The molecule has 0 saturated heterocycles. The normalized spacial score (nSPS) is 14.7. The topological polar surface area (TPSA) is 168 Å². The van der Waals surface area contributed by atoms with Crippen molar-refractivity contribution < 1.29 is 50.6 Å². The molecule has 0 bridgehead atoms. The van der Waals surface area contributed by atoms with Crippen molar-refractivity contribution in [2.24, 2.45) is 5.92 Å². The Kier molecular flexibility index (Phi) is 12.4. The van der Waals surface area contributed by atoms with Crippen LogP contribution in [0.1, 0.15) is 63.1 Å². The highest BCUT2D eigenvalue weighted by Gasteiger charge is 2.42. The Morgan fingerprint density at radius 1 is 0.865 bits per heavy atom. The van der Waals surface area contributed by atoms with Crippen LogP contribution in [0, 0.1) is 5.92 Å². The summed E-state index contributed by atoms with van der Waals surface area (Å²) in [6.07, 6.45) is -9.43. The van der Waals surface area contributed by atoms with Crippen molar-refractivity contribution in [3.8, 4) is 11.4 Å². The number of aromatic nitrogens is 4. The first-order chi connectivity index (χ1) is 24.3. The van der Waals surface area contributed by atoms with E-state index in [1.807, 2.05) is 30.3 Å². The standard InChI is InChI=1S/C34H37F6N7O5/c1-18(2)29(43-26(49)15-12-20-8-5-4-6-9-20)32(52)41-19(3)30(21-13-14-21)42-24(16-27(50)51)25(48)17-47-45-31(44-46-47)28-22(33(35,36)37)10-7-11-23(28)34(38,39)40/h4-11,18-19,24,29,42H,12-17H2,1-3H3,(H,41,52)(H,43,49)(H,50,51)/t19-,24?,29-/m0/s1. The Labute approximate surface area is 294 Å². The maximum Gasteiger partial charge on any atom is 0.417 e. The predicted octanol–water partition coefficient (Wildman–Crippen LogP) is 4.71. The number of carbonyl (C=O) groups excluding carboxylic acids is 3. The van der Waals surface area contributed by atoms with Crippen LogP contribution in [-0.2, 0) is 44.5 Å². The molecule has 0 spiro atoms. The number of rotatable bonds is 16. The molecule has 2 amide bonds. The summed E-state index contributed by atoms with van der Waals surface area (Å²) < 4.78 is 82.2. The van der Waals surface area contributed by atoms with Gasteiger partial charge in [-0.1, -0.05) is 50.2 Å². The Bertz CT molecular complexity index is 1770. The molecule has 1 heterocycles. The first kappa shape index (κ1) is 39.5. The lowest BCUT2D eigenvalue weighted by Crippen LogP contribution is -2.53. The third-order valence-electron chi connectivity index (χ3n) is 8.17. The van der Waals surface area contributed by atoms with E-state index in [-0.39, 0.29) is 18.2 Å². The van der Waals surface area contributed by atoms with Crippen LogP contribution in [0.5, 0.6) is 0 Å². The number of allylic oxidation sites excluding steroid dienone is 1. The van der Waals surface area contributed by atoms with E-state index in [0.29, 0.717) is 48.0 Å². The second kappa shape index (κ2) is 16.4.